The molecular formula is C15H21N3O2S. The van der Waals surface area contributed by atoms with Crippen molar-refractivity contribution in [2.24, 2.45) is 5.73 Å². The number of nitrogens with one attached hydrogen (secondary N) is 1. The smallest absolute Gasteiger partial charge is 0.241 e. The molecule has 0 saturated carbocycles. The van der Waals surface area contributed by atoms with Gasteiger partial charge in [0.15, 0.2) is 0 Å². The largest absolute Gasteiger partial charge is 0.320 e. The van der Waals surface area contributed by atoms with Crippen molar-refractivity contribution in [2.75, 3.05) is 26.7 Å². The van der Waals surface area contributed by atoms with Gasteiger partial charge in [-0.05, 0) is 38.6 Å². The van der Waals surface area contributed by atoms with Crippen molar-refractivity contribution in [1.82, 2.24) is 9.62 Å². The van der Waals surface area contributed by atoms with E-state index in [1.54, 1.807) is 24.3 Å². The van der Waals surface area contributed by atoms with Crippen LogP contribution in [0.15, 0.2) is 29.2 Å². The normalized spacial score (nSPS) is 19.2. The summed E-state index contributed by atoms with van der Waals surface area (Å²) in [6, 6.07) is 7.00. The van der Waals surface area contributed by atoms with Crippen LogP contribution in [0.2, 0.25) is 0 Å². The minimum Gasteiger partial charge on any atom is -0.320 e. The molecule has 0 spiro atoms. The molecule has 114 valence electrons. The maximum Gasteiger partial charge on any atom is 0.241 e. The summed E-state index contributed by atoms with van der Waals surface area (Å²) >= 11 is 0. The number of nitrogens with zero attached hydrogens (tertiary/aromatic N) is 1. The van der Waals surface area contributed by atoms with Crippen LogP contribution in [0.25, 0.3) is 0 Å². The standard InChI is InChI=1S/C15H21N3O2S/c1-18-11-5-8-14(18)12-17-21(19,20)15-9-3-2-6-13(15)7-4-10-16/h2-3,6,9,14,17H,5,8,10-12,16H2,1H3. The number of hydrogen-bond acceptors (Lipinski definition) is 4. The highest BCUT2D eigenvalue weighted by atomic mass is 32.2. The predicted octanol–water partition coefficient (Wildman–Crippen LogP) is 0.369. The second-order valence-electron chi connectivity index (χ2n) is 5.13. The number of benzene rings is 1. The van der Waals surface area contributed by atoms with Crippen LogP contribution >= 0.6 is 0 Å². The van der Waals surface area contributed by atoms with Crippen LogP contribution in [0, 0.1) is 11.8 Å². The second kappa shape index (κ2) is 7.05. The van der Waals surface area contributed by atoms with Crippen LogP contribution in [0.5, 0.6) is 0 Å². The van der Waals surface area contributed by atoms with Crippen LogP contribution in [0.3, 0.4) is 0 Å². The molecule has 1 atom stereocenters. The Balaban J connectivity index is 2.15. The summed E-state index contributed by atoms with van der Waals surface area (Å²) in [5.41, 5.74) is 5.83. The molecule has 0 radical (unpaired) electrons. The lowest BCUT2D eigenvalue weighted by Gasteiger charge is -2.19. The fraction of sp³-hybridized carbons (Fsp3) is 0.467. The summed E-state index contributed by atoms with van der Waals surface area (Å²) in [7, 11) is -1.53. The van der Waals surface area contributed by atoms with Crippen LogP contribution < -0.4 is 10.5 Å². The van der Waals surface area contributed by atoms with E-state index >= 15 is 0 Å². The first kappa shape index (κ1) is 16.0. The van der Waals surface area contributed by atoms with Gasteiger partial charge in [0.05, 0.1) is 11.4 Å². The van der Waals surface area contributed by atoms with Crippen LogP contribution in [-0.2, 0) is 10.0 Å². The maximum atomic E-state index is 12.5. The average molecular weight is 307 g/mol. The first-order valence-corrected chi connectivity index (χ1v) is 8.51. The summed E-state index contributed by atoms with van der Waals surface area (Å²) in [5, 5.41) is 0. The zero-order chi connectivity index (χ0) is 15.3. The van der Waals surface area contributed by atoms with Gasteiger partial charge in [0.2, 0.25) is 10.0 Å². The van der Waals surface area contributed by atoms with Crippen molar-refractivity contribution in [1.29, 1.82) is 0 Å². The van der Waals surface area contributed by atoms with Gasteiger partial charge in [0.25, 0.3) is 0 Å². The Hall–Kier alpha value is -1.39. The lowest BCUT2D eigenvalue weighted by molar-refractivity contribution is 0.311. The van der Waals surface area contributed by atoms with Gasteiger partial charge in [-0.25, -0.2) is 13.1 Å². The summed E-state index contributed by atoms with van der Waals surface area (Å²) in [4.78, 5) is 2.40. The first-order chi connectivity index (χ1) is 10.0. The topological polar surface area (TPSA) is 75.4 Å². The van der Waals surface area contributed by atoms with E-state index < -0.39 is 10.0 Å². The fourth-order valence-corrected chi connectivity index (χ4v) is 3.70. The van der Waals surface area contributed by atoms with Gasteiger partial charge in [-0.15, -0.1) is 0 Å². The third kappa shape index (κ3) is 4.05. The Morgan fingerprint density at radius 2 is 2.19 bits per heavy atom. The number of sulfonamides is 1. The van der Waals surface area contributed by atoms with E-state index in [4.69, 9.17) is 5.73 Å². The molecule has 1 aliphatic rings. The molecule has 1 aromatic carbocycles. The minimum atomic E-state index is -3.55. The fourth-order valence-electron chi connectivity index (χ4n) is 2.47. The molecule has 1 aliphatic heterocycles. The van der Waals surface area contributed by atoms with Gasteiger partial charge in [0.1, 0.15) is 0 Å². The third-order valence-corrected chi connectivity index (χ3v) is 5.16. The molecule has 1 fully saturated rings. The first-order valence-electron chi connectivity index (χ1n) is 7.02. The number of nitrogens with two attached hydrogens (primary N) is 1. The van der Waals surface area contributed by atoms with Crippen molar-refractivity contribution < 1.29 is 8.42 Å². The van der Waals surface area contributed by atoms with Gasteiger partial charge in [-0.3, -0.25) is 0 Å². The molecule has 1 saturated heterocycles. The van der Waals surface area contributed by atoms with Crippen molar-refractivity contribution >= 4 is 10.0 Å². The summed E-state index contributed by atoms with van der Waals surface area (Å²) in [6.45, 7) is 1.65. The Bertz CT molecular complexity index is 646. The molecule has 5 nitrogen and oxygen atoms in total. The third-order valence-electron chi connectivity index (χ3n) is 3.68. The summed E-state index contributed by atoms with van der Waals surface area (Å²) < 4.78 is 27.6. The number of likely N-dealkylation sites (N-methyl/N-ethyl adjacent to an activating group) is 1. The number of rotatable bonds is 4. The van der Waals surface area contributed by atoms with E-state index in [0.717, 1.165) is 19.4 Å². The lowest BCUT2D eigenvalue weighted by atomic mass is 10.2. The summed E-state index contributed by atoms with van der Waals surface area (Å²) in [5.74, 6) is 5.51. The molecule has 6 heteroatoms. The van der Waals surface area contributed by atoms with Crippen molar-refractivity contribution in [2.45, 2.75) is 23.8 Å². The van der Waals surface area contributed by atoms with Gasteiger partial charge < -0.3 is 10.6 Å². The van der Waals surface area contributed by atoms with Crippen LogP contribution in [-0.4, -0.2) is 46.0 Å². The highest BCUT2D eigenvalue weighted by Crippen LogP contribution is 2.17. The van der Waals surface area contributed by atoms with Crippen molar-refractivity contribution in [3.63, 3.8) is 0 Å². The molecule has 2 rings (SSSR count). The second-order valence-corrected chi connectivity index (χ2v) is 6.87. The summed E-state index contributed by atoms with van der Waals surface area (Å²) in [6.07, 6.45) is 2.13. The van der Waals surface area contributed by atoms with Gasteiger partial charge in [0, 0.05) is 18.2 Å². The molecule has 0 aromatic heterocycles. The molecule has 1 unspecified atom stereocenters. The zero-order valence-corrected chi connectivity index (χ0v) is 13.0. The Morgan fingerprint density at radius 3 is 2.86 bits per heavy atom. The SMILES string of the molecule is CN1CCCC1CNS(=O)(=O)c1ccccc1C#CCN. The van der Waals surface area contributed by atoms with Gasteiger partial charge in [-0.2, -0.15) is 0 Å². The van der Waals surface area contributed by atoms with Crippen LogP contribution in [0.1, 0.15) is 18.4 Å². The molecule has 21 heavy (non-hydrogen) atoms. The zero-order valence-electron chi connectivity index (χ0n) is 12.2. The van der Waals surface area contributed by atoms with Crippen LogP contribution in [0.4, 0.5) is 0 Å². The van der Waals surface area contributed by atoms with E-state index in [2.05, 4.69) is 21.5 Å². The Kier molecular flexibility index (Phi) is 5.37. The van der Waals surface area contributed by atoms with Gasteiger partial charge >= 0.3 is 0 Å². The number of likely N-dealkylation sites (tertiary alicyclic amines) is 1. The molecule has 0 bridgehead atoms. The van der Waals surface area contributed by atoms with Crippen molar-refractivity contribution in [3.8, 4) is 11.8 Å². The van der Waals surface area contributed by atoms with E-state index in [1.165, 1.54) is 0 Å². The molecular weight excluding hydrogens is 286 g/mol. The van der Waals surface area contributed by atoms with Gasteiger partial charge in [-0.1, -0.05) is 24.0 Å². The Morgan fingerprint density at radius 1 is 1.43 bits per heavy atom. The highest BCUT2D eigenvalue weighted by Gasteiger charge is 2.24. The maximum absolute atomic E-state index is 12.5. The molecule has 0 aliphatic carbocycles. The van der Waals surface area contributed by atoms with E-state index in [-0.39, 0.29) is 17.5 Å². The highest BCUT2D eigenvalue weighted by molar-refractivity contribution is 7.89. The molecule has 0 amide bonds. The average Bonchev–Trinajstić information content (AvgIpc) is 2.89. The van der Waals surface area contributed by atoms with Crippen molar-refractivity contribution in [3.05, 3.63) is 29.8 Å². The molecule has 1 heterocycles. The monoisotopic (exact) mass is 307 g/mol. The van der Waals surface area contributed by atoms with E-state index in [1.807, 2.05) is 7.05 Å². The molecule has 3 N–H and O–H groups in total. The Labute approximate surface area is 126 Å². The quantitative estimate of drug-likeness (QED) is 0.788. The predicted molar refractivity (Wildman–Crippen MR) is 83.2 cm³/mol. The minimum absolute atomic E-state index is 0.203. The van der Waals surface area contributed by atoms with E-state index in [0.29, 0.717) is 12.1 Å². The van der Waals surface area contributed by atoms with E-state index in [9.17, 15) is 8.42 Å². The lowest BCUT2D eigenvalue weighted by Crippen LogP contribution is -2.38. The number of hydrogen-bond donors (Lipinski definition) is 2. The molecule has 1 aromatic rings.